The van der Waals surface area contributed by atoms with E-state index in [1.807, 2.05) is 0 Å². The minimum Gasteiger partial charge on any atom is -0.461 e. The molecule has 3 aromatic rings. The molecule has 0 N–H and O–H groups in total. The van der Waals surface area contributed by atoms with Crippen LogP contribution in [-0.2, 0) is 12.8 Å². The normalized spacial score (nSPS) is 11.7. The van der Waals surface area contributed by atoms with Gasteiger partial charge in [0.2, 0.25) is 0 Å². The van der Waals surface area contributed by atoms with Crippen molar-refractivity contribution in [3.8, 4) is 0 Å². The van der Waals surface area contributed by atoms with Crippen LogP contribution in [0.3, 0.4) is 0 Å². The molecule has 0 unspecified atom stereocenters. The zero-order valence-electron chi connectivity index (χ0n) is 12.4. The molecule has 2 nitrogen and oxygen atoms in total. The lowest BCUT2D eigenvalue weighted by molar-refractivity contribution is 0.534. The van der Waals surface area contributed by atoms with E-state index >= 15 is 0 Å². The zero-order valence-corrected chi connectivity index (χ0v) is 12.4. The largest absolute Gasteiger partial charge is 0.461 e. The Bertz CT molecular complexity index is 641. The Labute approximate surface area is 119 Å². The van der Waals surface area contributed by atoms with Crippen molar-refractivity contribution in [2.24, 2.45) is 0 Å². The molecule has 0 saturated carbocycles. The number of aryl methyl sites for hydroxylation is 2. The van der Waals surface area contributed by atoms with Gasteiger partial charge in [-0.05, 0) is 37.1 Å². The smallest absolute Gasteiger partial charge is 0.145 e. The van der Waals surface area contributed by atoms with Crippen LogP contribution in [0.5, 0.6) is 0 Å². The van der Waals surface area contributed by atoms with Gasteiger partial charge in [0, 0.05) is 18.2 Å². The summed E-state index contributed by atoms with van der Waals surface area (Å²) < 4.78 is 11.9. The van der Waals surface area contributed by atoms with Crippen LogP contribution in [0.25, 0.3) is 21.9 Å². The van der Waals surface area contributed by atoms with Crippen molar-refractivity contribution in [3.63, 3.8) is 0 Å². The van der Waals surface area contributed by atoms with Crippen LogP contribution >= 0.6 is 0 Å². The van der Waals surface area contributed by atoms with E-state index in [9.17, 15) is 0 Å². The number of rotatable bonds is 6. The summed E-state index contributed by atoms with van der Waals surface area (Å²) >= 11 is 0. The Morgan fingerprint density at radius 1 is 0.850 bits per heavy atom. The van der Waals surface area contributed by atoms with Crippen molar-refractivity contribution < 1.29 is 8.83 Å². The van der Waals surface area contributed by atoms with Gasteiger partial charge in [0.25, 0.3) is 0 Å². The molecule has 1 aromatic carbocycles. The van der Waals surface area contributed by atoms with Gasteiger partial charge < -0.3 is 8.83 Å². The van der Waals surface area contributed by atoms with E-state index < -0.39 is 0 Å². The first-order valence-electron chi connectivity index (χ1n) is 7.75. The van der Waals surface area contributed by atoms with Crippen molar-refractivity contribution in [1.29, 1.82) is 0 Å². The quantitative estimate of drug-likeness (QED) is 0.560. The molecule has 2 heteroatoms. The number of benzene rings is 1. The van der Waals surface area contributed by atoms with Crippen LogP contribution in [0, 0.1) is 0 Å². The van der Waals surface area contributed by atoms with E-state index in [-0.39, 0.29) is 0 Å². The first-order chi connectivity index (χ1) is 9.81. The molecule has 20 heavy (non-hydrogen) atoms. The van der Waals surface area contributed by atoms with Gasteiger partial charge in [0.05, 0.1) is 5.39 Å². The van der Waals surface area contributed by atoms with Crippen LogP contribution in [0.15, 0.2) is 33.1 Å². The molecule has 0 atom stereocenters. The Balaban J connectivity index is 2.00. The molecule has 0 fully saturated rings. The highest BCUT2D eigenvalue weighted by molar-refractivity contribution is 6.02. The maximum atomic E-state index is 6.04. The monoisotopic (exact) mass is 270 g/mol. The fraction of sp³-hybridized carbons (Fsp3) is 0.444. The second-order valence-corrected chi connectivity index (χ2v) is 5.53. The average molecular weight is 270 g/mol. The van der Waals surface area contributed by atoms with Crippen molar-refractivity contribution >= 4 is 21.9 Å². The summed E-state index contributed by atoms with van der Waals surface area (Å²) in [5.41, 5.74) is 1.93. The molecule has 2 aromatic heterocycles. The predicted molar refractivity (Wildman–Crippen MR) is 83.2 cm³/mol. The summed E-state index contributed by atoms with van der Waals surface area (Å²) in [5.74, 6) is 2.16. The average Bonchev–Trinajstić information content (AvgIpc) is 3.05. The maximum Gasteiger partial charge on any atom is 0.145 e. The van der Waals surface area contributed by atoms with E-state index in [2.05, 4.69) is 38.1 Å². The Morgan fingerprint density at radius 3 is 2.25 bits per heavy atom. The molecule has 106 valence electrons. The molecule has 0 amide bonds. The zero-order chi connectivity index (χ0) is 13.9. The van der Waals surface area contributed by atoms with E-state index in [0.717, 1.165) is 40.9 Å². The number of hydrogen-bond donors (Lipinski definition) is 0. The molecule has 0 spiro atoms. The SMILES string of the molecule is CCCCc1cc2c(ccc3cc(CCCC)oc32)o1. The van der Waals surface area contributed by atoms with Gasteiger partial charge in [-0.1, -0.05) is 26.7 Å². The highest BCUT2D eigenvalue weighted by atomic mass is 16.3. The molecule has 0 bridgehead atoms. The number of fused-ring (bicyclic) bond motifs is 3. The van der Waals surface area contributed by atoms with Gasteiger partial charge in [0.1, 0.15) is 22.7 Å². The number of unbranched alkanes of at least 4 members (excludes halogenated alkanes) is 2. The molecular weight excluding hydrogens is 248 g/mol. The lowest BCUT2D eigenvalue weighted by Crippen LogP contribution is -1.78. The second-order valence-electron chi connectivity index (χ2n) is 5.53. The molecule has 0 aliphatic carbocycles. The Morgan fingerprint density at radius 2 is 1.55 bits per heavy atom. The fourth-order valence-electron chi connectivity index (χ4n) is 2.67. The molecule has 0 aliphatic heterocycles. The maximum absolute atomic E-state index is 6.04. The van der Waals surface area contributed by atoms with Gasteiger partial charge in [-0.3, -0.25) is 0 Å². The standard InChI is InChI=1S/C18H22O2/c1-3-5-7-14-11-13-9-10-17-16(18(13)20-14)12-15(19-17)8-6-4-2/h9-12H,3-8H2,1-2H3. The van der Waals surface area contributed by atoms with Crippen molar-refractivity contribution in [2.75, 3.05) is 0 Å². The number of furan rings is 2. The molecule has 0 saturated heterocycles. The lowest BCUT2D eigenvalue weighted by Gasteiger charge is -1.92. The fourth-order valence-corrected chi connectivity index (χ4v) is 2.67. The predicted octanol–water partition coefficient (Wildman–Crippen LogP) is 5.86. The van der Waals surface area contributed by atoms with Crippen molar-refractivity contribution in [2.45, 2.75) is 52.4 Å². The van der Waals surface area contributed by atoms with E-state index in [0.29, 0.717) is 0 Å². The van der Waals surface area contributed by atoms with Crippen LogP contribution in [0.1, 0.15) is 51.1 Å². The summed E-state index contributed by atoms with van der Waals surface area (Å²) in [6, 6.07) is 8.49. The van der Waals surface area contributed by atoms with Gasteiger partial charge in [-0.2, -0.15) is 0 Å². The van der Waals surface area contributed by atoms with Gasteiger partial charge in [-0.25, -0.2) is 0 Å². The van der Waals surface area contributed by atoms with Crippen LogP contribution in [0.2, 0.25) is 0 Å². The topological polar surface area (TPSA) is 26.3 Å². The molecule has 2 heterocycles. The minimum absolute atomic E-state index is 0.944. The number of hydrogen-bond acceptors (Lipinski definition) is 2. The van der Waals surface area contributed by atoms with Crippen molar-refractivity contribution in [3.05, 3.63) is 35.8 Å². The molecular formula is C18H22O2. The molecule has 0 radical (unpaired) electrons. The second kappa shape index (κ2) is 5.74. The summed E-state index contributed by atoms with van der Waals surface area (Å²) in [4.78, 5) is 0. The highest BCUT2D eigenvalue weighted by Gasteiger charge is 2.11. The third-order valence-corrected chi connectivity index (χ3v) is 3.84. The van der Waals surface area contributed by atoms with Crippen LogP contribution in [-0.4, -0.2) is 0 Å². The summed E-state index contributed by atoms with van der Waals surface area (Å²) in [6.07, 6.45) is 6.76. The van der Waals surface area contributed by atoms with Gasteiger partial charge in [0.15, 0.2) is 0 Å². The van der Waals surface area contributed by atoms with Crippen LogP contribution < -0.4 is 0 Å². The van der Waals surface area contributed by atoms with E-state index in [4.69, 9.17) is 8.83 Å². The Kier molecular flexibility index (Phi) is 3.81. The third-order valence-electron chi connectivity index (χ3n) is 3.84. The summed E-state index contributed by atoms with van der Waals surface area (Å²) in [7, 11) is 0. The van der Waals surface area contributed by atoms with E-state index in [1.165, 1.54) is 31.1 Å². The lowest BCUT2D eigenvalue weighted by atomic mass is 10.1. The first kappa shape index (κ1) is 13.3. The van der Waals surface area contributed by atoms with Crippen LogP contribution in [0.4, 0.5) is 0 Å². The van der Waals surface area contributed by atoms with Gasteiger partial charge in [-0.15, -0.1) is 0 Å². The van der Waals surface area contributed by atoms with Crippen molar-refractivity contribution in [1.82, 2.24) is 0 Å². The molecule has 3 rings (SSSR count). The molecule has 0 aliphatic rings. The summed E-state index contributed by atoms with van der Waals surface area (Å²) in [6.45, 7) is 4.41. The third kappa shape index (κ3) is 2.47. The summed E-state index contributed by atoms with van der Waals surface area (Å²) in [5, 5.41) is 2.31. The first-order valence-corrected chi connectivity index (χ1v) is 7.75. The van der Waals surface area contributed by atoms with Gasteiger partial charge >= 0.3 is 0 Å². The highest BCUT2D eigenvalue weighted by Crippen LogP contribution is 2.31. The van der Waals surface area contributed by atoms with E-state index in [1.54, 1.807) is 0 Å². The minimum atomic E-state index is 0.944. The Hall–Kier alpha value is -1.70.